The zero-order valence-electron chi connectivity index (χ0n) is 16.4. The van der Waals surface area contributed by atoms with Crippen LogP contribution in [0.3, 0.4) is 0 Å². The van der Waals surface area contributed by atoms with Crippen LogP contribution in [0.15, 0.2) is 47.0 Å². The fourth-order valence-electron chi connectivity index (χ4n) is 4.57. The lowest BCUT2D eigenvalue weighted by molar-refractivity contribution is 0.0694. The van der Waals surface area contributed by atoms with Crippen molar-refractivity contribution in [1.82, 2.24) is 9.97 Å². The minimum absolute atomic E-state index is 0.266. The number of fused-ring (bicyclic) bond motifs is 4. The highest BCUT2D eigenvalue weighted by Crippen LogP contribution is 2.42. The molecule has 4 N–H and O–H groups in total. The molecule has 0 atom stereocenters. The van der Waals surface area contributed by atoms with Crippen LogP contribution in [0.1, 0.15) is 40.0 Å². The molecule has 6 nitrogen and oxygen atoms in total. The van der Waals surface area contributed by atoms with Crippen LogP contribution >= 0.6 is 0 Å². The van der Waals surface area contributed by atoms with Crippen molar-refractivity contribution in [3.63, 3.8) is 0 Å². The Morgan fingerprint density at radius 1 is 1.23 bits per heavy atom. The van der Waals surface area contributed by atoms with Crippen molar-refractivity contribution in [3.05, 3.63) is 65.0 Å². The van der Waals surface area contributed by atoms with Crippen molar-refractivity contribution in [2.45, 2.75) is 37.6 Å². The van der Waals surface area contributed by atoms with E-state index in [2.05, 4.69) is 9.97 Å². The van der Waals surface area contributed by atoms with Gasteiger partial charge in [0.2, 0.25) is 0 Å². The van der Waals surface area contributed by atoms with Crippen molar-refractivity contribution < 1.29 is 14.3 Å². The Morgan fingerprint density at radius 2 is 2.07 bits per heavy atom. The normalized spacial score (nSPS) is 16.3. The predicted molar refractivity (Wildman–Crippen MR) is 113 cm³/mol. The fourth-order valence-corrected chi connectivity index (χ4v) is 4.57. The van der Waals surface area contributed by atoms with Crippen LogP contribution < -0.4 is 5.73 Å². The van der Waals surface area contributed by atoms with Crippen LogP contribution in [0.5, 0.6) is 0 Å². The zero-order chi connectivity index (χ0) is 20.5. The molecular weight excluding hydrogens is 378 g/mol. The number of pyridine rings is 1. The minimum atomic E-state index is -0.887. The number of carbonyl (C=O) groups is 1. The lowest BCUT2D eigenvalue weighted by Crippen LogP contribution is -2.25. The molecule has 3 heterocycles. The third-order valence-electron chi connectivity index (χ3n) is 6.39. The number of para-hydroxylation sites is 1. The van der Waals surface area contributed by atoms with E-state index >= 15 is 0 Å². The summed E-state index contributed by atoms with van der Waals surface area (Å²) in [5.74, 6) is -0.183. The van der Waals surface area contributed by atoms with Crippen molar-refractivity contribution >= 4 is 16.9 Å². The van der Waals surface area contributed by atoms with Gasteiger partial charge in [0.25, 0.3) is 0 Å². The maximum absolute atomic E-state index is 12.1. The number of rotatable bonds is 4. The van der Waals surface area contributed by atoms with Crippen LogP contribution in [-0.2, 0) is 19.3 Å². The highest BCUT2D eigenvalue weighted by Gasteiger charge is 2.40. The standard InChI is InChI=1S/C24H21N3O3/c25-24(7-8-24)11-18-21(23(28)29)15-6-5-14-12-26-17(10-16(14)22(15)27-18)20-9-13-3-1-2-4-19(13)30-20/h1-4,9-10,12,27H,5-8,11,25H2,(H,28,29). The van der Waals surface area contributed by atoms with Crippen molar-refractivity contribution in [2.75, 3.05) is 0 Å². The maximum atomic E-state index is 12.1. The highest BCUT2D eigenvalue weighted by molar-refractivity contribution is 5.95. The van der Waals surface area contributed by atoms with Crippen LogP contribution in [0.4, 0.5) is 0 Å². The van der Waals surface area contributed by atoms with Gasteiger partial charge >= 0.3 is 5.97 Å². The average molecular weight is 399 g/mol. The van der Waals surface area contributed by atoms with Gasteiger partial charge < -0.3 is 20.2 Å². The number of nitrogens with one attached hydrogen (secondary N) is 1. The van der Waals surface area contributed by atoms with E-state index in [1.54, 1.807) is 0 Å². The molecule has 0 radical (unpaired) electrons. The molecule has 4 aromatic rings. The van der Waals surface area contributed by atoms with Gasteiger partial charge in [-0.2, -0.15) is 0 Å². The summed E-state index contributed by atoms with van der Waals surface area (Å²) in [4.78, 5) is 20.1. The Bertz CT molecular complexity index is 1290. The van der Waals surface area contributed by atoms with Gasteiger partial charge in [-0.1, -0.05) is 18.2 Å². The first kappa shape index (κ1) is 17.5. The number of aromatic carboxylic acids is 1. The highest BCUT2D eigenvalue weighted by atomic mass is 16.4. The molecule has 0 spiro atoms. The summed E-state index contributed by atoms with van der Waals surface area (Å²) in [6.45, 7) is 0. The van der Waals surface area contributed by atoms with E-state index in [1.807, 2.05) is 42.6 Å². The second kappa shape index (κ2) is 6.06. The quantitative estimate of drug-likeness (QED) is 0.474. The second-order valence-electron chi connectivity index (χ2n) is 8.55. The second-order valence-corrected chi connectivity index (χ2v) is 8.55. The molecule has 1 fully saturated rings. The number of benzene rings is 1. The molecule has 0 bridgehead atoms. The Morgan fingerprint density at radius 3 is 2.83 bits per heavy atom. The maximum Gasteiger partial charge on any atom is 0.337 e. The molecule has 6 rings (SSSR count). The molecule has 0 unspecified atom stereocenters. The third kappa shape index (κ3) is 2.68. The van der Waals surface area contributed by atoms with E-state index in [0.29, 0.717) is 24.2 Å². The molecular formula is C24H21N3O3. The molecule has 1 aromatic carbocycles. The zero-order valence-corrected chi connectivity index (χ0v) is 16.4. The van der Waals surface area contributed by atoms with Gasteiger partial charge in [-0.15, -0.1) is 0 Å². The van der Waals surface area contributed by atoms with E-state index in [0.717, 1.165) is 64.0 Å². The fraction of sp³-hybridized carbons (Fsp3) is 0.250. The summed E-state index contributed by atoms with van der Waals surface area (Å²) in [5, 5.41) is 10.9. The van der Waals surface area contributed by atoms with Gasteiger partial charge in [0.15, 0.2) is 5.76 Å². The number of hydrogen-bond donors (Lipinski definition) is 3. The summed E-state index contributed by atoms with van der Waals surface area (Å²) in [5.41, 5.74) is 12.6. The lowest BCUT2D eigenvalue weighted by Gasteiger charge is -2.17. The number of aromatic nitrogens is 2. The average Bonchev–Trinajstić information content (AvgIpc) is 3.15. The van der Waals surface area contributed by atoms with Gasteiger partial charge in [0.05, 0.1) is 11.3 Å². The number of nitrogens with two attached hydrogens (primary N) is 1. The number of H-pyrrole nitrogens is 1. The molecule has 0 saturated heterocycles. The monoisotopic (exact) mass is 399 g/mol. The Labute approximate surface area is 172 Å². The van der Waals surface area contributed by atoms with E-state index < -0.39 is 5.97 Å². The smallest absolute Gasteiger partial charge is 0.337 e. The summed E-state index contributed by atoms with van der Waals surface area (Å²) >= 11 is 0. The number of furan rings is 1. The Balaban J connectivity index is 1.48. The van der Waals surface area contributed by atoms with E-state index in [-0.39, 0.29) is 5.54 Å². The van der Waals surface area contributed by atoms with E-state index in [9.17, 15) is 9.90 Å². The first-order chi connectivity index (χ1) is 14.5. The van der Waals surface area contributed by atoms with Crippen LogP contribution in [0, 0.1) is 0 Å². The van der Waals surface area contributed by atoms with Gasteiger partial charge in [-0.05, 0) is 55.0 Å². The molecule has 150 valence electrons. The van der Waals surface area contributed by atoms with E-state index in [1.165, 1.54) is 0 Å². The molecule has 2 aliphatic carbocycles. The first-order valence-corrected chi connectivity index (χ1v) is 10.2. The van der Waals surface area contributed by atoms with Crippen LogP contribution in [-0.4, -0.2) is 26.6 Å². The van der Waals surface area contributed by atoms with Crippen LogP contribution in [0.25, 0.3) is 33.7 Å². The van der Waals surface area contributed by atoms with Gasteiger partial charge in [-0.3, -0.25) is 4.98 Å². The number of carboxylic acids is 1. The summed E-state index contributed by atoms with van der Waals surface area (Å²) in [6.07, 6.45) is 5.77. The molecule has 1 saturated carbocycles. The van der Waals surface area contributed by atoms with Gasteiger partial charge in [0.1, 0.15) is 11.3 Å². The largest absolute Gasteiger partial charge is 0.478 e. The van der Waals surface area contributed by atoms with E-state index in [4.69, 9.17) is 10.2 Å². The predicted octanol–water partition coefficient (Wildman–Crippen LogP) is 4.32. The SMILES string of the molecule is NC1(Cc2[nH]c3c(c2C(=O)O)CCc2cnc(-c4cc5ccccc5o4)cc2-3)CC1. The molecule has 2 aliphatic rings. The third-order valence-corrected chi connectivity index (χ3v) is 6.39. The number of aromatic amines is 1. The lowest BCUT2D eigenvalue weighted by atomic mass is 9.88. The molecule has 30 heavy (non-hydrogen) atoms. The van der Waals surface area contributed by atoms with Gasteiger partial charge in [-0.25, -0.2) is 4.79 Å². The van der Waals surface area contributed by atoms with Crippen molar-refractivity contribution in [1.29, 1.82) is 0 Å². The first-order valence-electron chi connectivity index (χ1n) is 10.2. The number of hydrogen-bond acceptors (Lipinski definition) is 4. The minimum Gasteiger partial charge on any atom is -0.478 e. The van der Waals surface area contributed by atoms with Crippen molar-refractivity contribution in [2.24, 2.45) is 5.73 Å². The molecule has 3 aromatic heterocycles. The summed E-state index contributed by atoms with van der Waals surface area (Å²) in [7, 11) is 0. The number of nitrogens with zero attached hydrogens (tertiary/aromatic N) is 1. The molecule has 6 heteroatoms. The Kier molecular flexibility index (Phi) is 3.53. The molecule has 0 aliphatic heterocycles. The van der Waals surface area contributed by atoms with Crippen LogP contribution in [0.2, 0.25) is 0 Å². The summed E-state index contributed by atoms with van der Waals surface area (Å²) < 4.78 is 5.99. The topological polar surface area (TPSA) is 105 Å². The molecule has 0 amide bonds. The summed E-state index contributed by atoms with van der Waals surface area (Å²) in [6, 6.07) is 11.9. The number of aryl methyl sites for hydroxylation is 1. The number of carboxylic acid groups (broad SMARTS) is 1. The van der Waals surface area contributed by atoms with Crippen molar-refractivity contribution in [3.8, 4) is 22.7 Å². The van der Waals surface area contributed by atoms with Gasteiger partial charge in [0, 0.05) is 34.8 Å². The Hall–Kier alpha value is -3.38.